The molecule has 2 aromatic rings. The van der Waals surface area contributed by atoms with Gasteiger partial charge in [-0.1, -0.05) is 36.4 Å². The molecule has 0 unspecified atom stereocenters. The van der Waals surface area contributed by atoms with Crippen molar-refractivity contribution in [1.29, 1.82) is 0 Å². The number of ketones is 1. The maximum Gasteiger partial charge on any atom is 0.251 e. The number of hydrogen-bond acceptors (Lipinski definition) is 2. The largest absolute Gasteiger partial charge is 0.349 e. The molecule has 1 amide bonds. The molecule has 0 radical (unpaired) electrons. The van der Waals surface area contributed by atoms with E-state index in [-0.39, 0.29) is 17.7 Å². The van der Waals surface area contributed by atoms with E-state index in [0.29, 0.717) is 11.1 Å². The number of carbonyl (C=O) groups is 2. The molecule has 0 aromatic heterocycles. The van der Waals surface area contributed by atoms with E-state index in [9.17, 15) is 9.59 Å². The minimum atomic E-state index is -0.0806. The molecule has 0 atom stereocenters. The topological polar surface area (TPSA) is 46.2 Å². The van der Waals surface area contributed by atoms with Crippen LogP contribution in [0.4, 0.5) is 0 Å². The van der Waals surface area contributed by atoms with Crippen molar-refractivity contribution in [2.45, 2.75) is 25.8 Å². The molecular weight excluding hydrogens is 262 g/mol. The van der Waals surface area contributed by atoms with Crippen LogP contribution in [0.1, 0.15) is 38.8 Å². The van der Waals surface area contributed by atoms with E-state index in [2.05, 4.69) is 17.4 Å². The Morgan fingerprint density at radius 3 is 1.95 bits per heavy atom. The third-order valence-corrected chi connectivity index (χ3v) is 3.94. The maximum absolute atomic E-state index is 12.2. The van der Waals surface area contributed by atoms with Gasteiger partial charge >= 0.3 is 0 Å². The van der Waals surface area contributed by atoms with Crippen LogP contribution < -0.4 is 5.32 Å². The lowest BCUT2D eigenvalue weighted by atomic mass is 10.1. The van der Waals surface area contributed by atoms with Gasteiger partial charge in [-0.05, 0) is 43.0 Å². The van der Waals surface area contributed by atoms with Gasteiger partial charge in [0.05, 0.1) is 0 Å². The number of hydrogen-bond donors (Lipinski definition) is 1. The van der Waals surface area contributed by atoms with Crippen molar-refractivity contribution >= 4 is 11.7 Å². The average molecular weight is 279 g/mol. The summed E-state index contributed by atoms with van der Waals surface area (Å²) in [5, 5.41) is 3.07. The van der Waals surface area contributed by atoms with E-state index in [1.807, 2.05) is 12.1 Å². The smallest absolute Gasteiger partial charge is 0.251 e. The SMILES string of the molecule is CC(=O)c1ccc(C(=O)NC2Cc3ccccc3C2)cc1. The Morgan fingerprint density at radius 2 is 1.43 bits per heavy atom. The third kappa shape index (κ3) is 2.87. The van der Waals surface area contributed by atoms with Gasteiger partial charge in [-0.3, -0.25) is 9.59 Å². The summed E-state index contributed by atoms with van der Waals surface area (Å²) in [4.78, 5) is 23.5. The number of fused-ring (bicyclic) bond motifs is 1. The number of carbonyl (C=O) groups excluding carboxylic acids is 2. The van der Waals surface area contributed by atoms with Crippen LogP contribution in [0.5, 0.6) is 0 Å². The number of rotatable bonds is 3. The molecule has 2 aromatic carbocycles. The Kier molecular flexibility index (Phi) is 3.57. The van der Waals surface area contributed by atoms with Crippen molar-refractivity contribution in [3.63, 3.8) is 0 Å². The minimum Gasteiger partial charge on any atom is -0.349 e. The van der Waals surface area contributed by atoms with Gasteiger partial charge in [0.25, 0.3) is 5.91 Å². The van der Waals surface area contributed by atoms with Crippen LogP contribution >= 0.6 is 0 Å². The monoisotopic (exact) mass is 279 g/mol. The lowest BCUT2D eigenvalue weighted by Gasteiger charge is -2.12. The number of nitrogens with one attached hydrogen (secondary N) is 1. The van der Waals surface area contributed by atoms with E-state index in [4.69, 9.17) is 0 Å². The molecule has 0 aliphatic heterocycles. The Morgan fingerprint density at radius 1 is 0.905 bits per heavy atom. The summed E-state index contributed by atoms with van der Waals surface area (Å²) >= 11 is 0. The van der Waals surface area contributed by atoms with Crippen LogP contribution in [0.3, 0.4) is 0 Å². The molecule has 0 spiro atoms. The fraction of sp³-hybridized carbons (Fsp3) is 0.222. The van der Waals surface area contributed by atoms with Crippen LogP contribution in [-0.2, 0) is 12.8 Å². The Balaban J connectivity index is 1.66. The van der Waals surface area contributed by atoms with E-state index in [0.717, 1.165) is 12.8 Å². The highest BCUT2D eigenvalue weighted by atomic mass is 16.1. The highest BCUT2D eigenvalue weighted by Crippen LogP contribution is 2.21. The minimum absolute atomic E-state index is 0.00759. The molecule has 1 aliphatic carbocycles. The number of amides is 1. The van der Waals surface area contributed by atoms with Crippen LogP contribution in [0, 0.1) is 0 Å². The molecule has 0 saturated carbocycles. The van der Waals surface area contributed by atoms with Gasteiger partial charge in [0, 0.05) is 17.2 Å². The highest BCUT2D eigenvalue weighted by Gasteiger charge is 2.22. The predicted molar refractivity (Wildman–Crippen MR) is 81.6 cm³/mol. The molecular formula is C18H17NO2. The highest BCUT2D eigenvalue weighted by molar-refractivity contribution is 5.97. The molecule has 106 valence electrons. The molecule has 1 N–H and O–H groups in total. The summed E-state index contributed by atoms with van der Waals surface area (Å²) in [6.45, 7) is 1.52. The Bertz CT molecular complexity index is 664. The van der Waals surface area contributed by atoms with Gasteiger partial charge < -0.3 is 5.32 Å². The van der Waals surface area contributed by atoms with E-state index in [1.54, 1.807) is 24.3 Å². The standard InChI is InChI=1S/C18H17NO2/c1-12(20)13-6-8-14(9-7-13)18(21)19-17-10-15-4-2-3-5-16(15)11-17/h2-9,17H,10-11H2,1H3,(H,19,21). The van der Waals surface area contributed by atoms with Gasteiger partial charge in [-0.2, -0.15) is 0 Å². The van der Waals surface area contributed by atoms with Crippen molar-refractivity contribution in [2.75, 3.05) is 0 Å². The molecule has 0 saturated heterocycles. The van der Waals surface area contributed by atoms with E-state index in [1.165, 1.54) is 18.1 Å². The molecule has 21 heavy (non-hydrogen) atoms. The first-order valence-electron chi connectivity index (χ1n) is 7.12. The molecule has 0 fully saturated rings. The first-order chi connectivity index (χ1) is 10.1. The summed E-state index contributed by atoms with van der Waals surface area (Å²) in [5.74, 6) is -0.0730. The van der Waals surface area contributed by atoms with Crippen molar-refractivity contribution in [2.24, 2.45) is 0 Å². The van der Waals surface area contributed by atoms with E-state index < -0.39 is 0 Å². The van der Waals surface area contributed by atoms with Crippen molar-refractivity contribution in [3.8, 4) is 0 Å². The molecule has 3 rings (SSSR count). The molecule has 0 bridgehead atoms. The first-order valence-corrected chi connectivity index (χ1v) is 7.12. The molecule has 3 nitrogen and oxygen atoms in total. The van der Waals surface area contributed by atoms with Gasteiger partial charge in [0.2, 0.25) is 0 Å². The lowest BCUT2D eigenvalue weighted by Crippen LogP contribution is -2.35. The van der Waals surface area contributed by atoms with Gasteiger partial charge in [0.1, 0.15) is 0 Å². The second-order valence-electron chi connectivity index (χ2n) is 5.48. The molecule has 1 aliphatic rings. The normalized spacial score (nSPS) is 13.8. The van der Waals surface area contributed by atoms with Gasteiger partial charge in [0.15, 0.2) is 5.78 Å². The van der Waals surface area contributed by atoms with Crippen molar-refractivity contribution < 1.29 is 9.59 Å². The average Bonchev–Trinajstić information content (AvgIpc) is 2.89. The summed E-state index contributed by atoms with van der Waals surface area (Å²) in [5.41, 5.74) is 3.85. The Hall–Kier alpha value is -2.42. The first kappa shape index (κ1) is 13.6. The second kappa shape index (κ2) is 5.52. The quantitative estimate of drug-likeness (QED) is 0.878. The van der Waals surface area contributed by atoms with Gasteiger partial charge in [-0.25, -0.2) is 0 Å². The van der Waals surface area contributed by atoms with Crippen LogP contribution in [-0.4, -0.2) is 17.7 Å². The van der Waals surface area contributed by atoms with Crippen LogP contribution in [0.15, 0.2) is 48.5 Å². The lowest BCUT2D eigenvalue weighted by molar-refractivity contribution is 0.0936. The zero-order valence-corrected chi connectivity index (χ0v) is 11.9. The number of benzene rings is 2. The summed E-state index contributed by atoms with van der Waals surface area (Å²) in [7, 11) is 0. The third-order valence-electron chi connectivity index (χ3n) is 3.94. The zero-order chi connectivity index (χ0) is 14.8. The predicted octanol–water partition coefficient (Wildman–Crippen LogP) is 2.79. The summed E-state index contributed by atoms with van der Waals surface area (Å²) in [6, 6.07) is 15.2. The molecule has 0 heterocycles. The van der Waals surface area contributed by atoms with Crippen molar-refractivity contribution in [3.05, 3.63) is 70.8 Å². The fourth-order valence-corrected chi connectivity index (χ4v) is 2.79. The van der Waals surface area contributed by atoms with Crippen molar-refractivity contribution in [1.82, 2.24) is 5.32 Å². The zero-order valence-electron chi connectivity index (χ0n) is 11.9. The fourth-order valence-electron chi connectivity index (χ4n) is 2.79. The number of Topliss-reactive ketones (excluding diaryl/α,β-unsaturated/α-hetero) is 1. The summed E-state index contributed by atoms with van der Waals surface area (Å²) < 4.78 is 0. The maximum atomic E-state index is 12.2. The van der Waals surface area contributed by atoms with Gasteiger partial charge in [-0.15, -0.1) is 0 Å². The summed E-state index contributed by atoms with van der Waals surface area (Å²) in [6.07, 6.45) is 1.76. The Labute approximate surface area is 124 Å². The second-order valence-corrected chi connectivity index (χ2v) is 5.48. The van der Waals surface area contributed by atoms with Crippen LogP contribution in [0.2, 0.25) is 0 Å². The molecule has 3 heteroatoms. The van der Waals surface area contributed by atoms with Crippen LogP contribution in [0.25, 0.3) is 0 Å². The van der Waals surface area contributed by atoms with E-state index >= 15 is 0 Å².